The lowest BCUT2D eigenvalue weighted by Crippen LogP contribution is -2.30. The molecule has 1 aliphatic rings. The van der Waals surface area contributed by atoms with Gasteiger partial charge in [-0.1, -0.05) is 11.6 Å². The number of ether oxygens (including phenoxy) is 4. The first-order valence-corrected chi connectivity index (χ1v) is 13.6. The Labute approximate surface area is 219 Å². The van der Waals surface area contributed by atoms with E-state index in [1.807, 2.05) is 6.92 Å². The minimum atomic E-state index is -3.88. The molecule has 1 fully saturated rings. The van der Waals surface area contributed by atoms with Crippen LogP contribution in [-0.2, 0) is 25.1 Å². The molecule has 0 radical (unpaired) electrons. The number of halogens is 1. The normalized spacial score (nSPS) is 18.9. The molecule has 0 N–H and O–H groups in total. The molecule has 0 spiro atoms. The predicted octanol–water partition coefficient (Wildman–Crippen LogP) is 2.10. The van der Waals surface area contributed by atoms with E-state index in [-0.39, 0.29) is 35.4 Å². The average Bonchev–Trinajstić information content (AvgIpc) is 3.54. The molecule has 15 heteroatoms. The molecule has 0 amide bonds. The van der Waals surface area contributed by atoms with Gasteiger partial charge in [0.2, 0.25) is 11.8 Å². The van der Waals surface area contributed by atoms with E-state index in [4.69, 9.17) is 30.5 Å². The SMILES string of the molecule is CCO[C@H]1C[C@H]1c1nnc(CS(=O)(=O)[C@@H](C)[C@H](OC)c2ncc(Cl)cn2)n1-c1c(OC)ncnc1OC. The third-order valence-electron chi connectivity index (χ3n) is 6.04. The van der Waals surface area contributed by atoms with Crippen LogP contribution in [0.3, 0.4) is 0 Å². The van der Waals surface area contributed by atoms with Crippen LogP contribution in [0.2, 0.25) is 5.02 Å². The summed E-state index contributed by atoms with van der Waals surface area (Å²) in [6.07, 6.45) is 3.78. The quantitative estimate of drug-likeness (QED) is 0.322. The van der Waals surface area contributed by atoms with Gasteiger partial charge in [-0.15, -0.1) is 10.2 Å². The Morgan fingerprint density at radius 2 is 1.73 bits per heavy atom. The maximum absolute atomic E-state index is 13.6. The van der Waals surface area contributed by atoms with E-state index >= 15 is 0 Å². The lowest BCUT2D eigenvalue weighted by molar-refractivity contribution is 0.0948. The first-order valence-electron chi connectivity index (χ1n) is 11.5. The van der Waals surface area contributed by atoms with Crippen molar-refractivity contribution in [3.63, 3.8) is 0 Å². The van der Waals surface area contributed by atoms with E-state index in [0.717, 1.165) is 0 Å². The lowest BCUT2D eigenvalue weighted by atomic mass is 10.2. The Kier molecular flexibility index (Phi) is 8.21. The van der Waals surface area contributed by atoms with Gasteiger partial charge >= 0.3 is 0 Å². The zero-order chi connectivity index (χ0) is 26.7. The number of methoxy groups -OCH3 is 3. The van der Waals surface area contributed by atoms with E-state index < -0.39 is 26.9 Å². The minimum Gasteiger partial charge on any atom is -0.479 e. The number of hydrogen-bond acceptors (Lipinski definition) is 12. The smallest absolute Gasteiger partial charge is 0.245 e. The second-order valence-corrected chi connectivity index (χ2v) is 11.1. The number of hydrogen-bond donors (Lipinski definition) is 0. The molecule has 200 valence electrons. The summed E-state index contributed by atoms with van der Waals surface area (Å²) in [5.41, 5.74) is 0.303. The highest BCUT2D eigenvalue weighted by molar-refractivity contribution is 7.91. The van der Waals surface area contributed by atoms with Crippen LogP contribution in [0.4, 0.5) is 0 Å². The molecule has 0 bridgehead atoms. The van der Waals surface area contributed by atoms with Gasteiger partial charge in [0, 0.05) is 32.0 Å². The van der Waals surface area contributed by atoms with Crippen molar-refractivity contribution in [1.29, 1.82) is 0 Å². The molecule has 4 atom stereocenters. The van der Waals surface area contributed by atoms with E-state index in [0.29, 0.717) is 29.6 Å². The van der Waals surface area contributed by atoms with Crippen LogP contribution >= 0.6 is 11.6 Å². The van der Waals surface area contributed by atoms with Crippen LogP contribution < -0.4 is 9.47 Å². The standard InChI is InChI=1S/C22H28ClN7O6S/c1-6-36-15-7-14(15)20-29-28-16(30(20)17-21(34-4)26-11-27-22(17)35-5)10-37(31,32)12(2)18(33-3)19-24-8-13(23)9-25-19/h8-9,11-12,14-15,18H,6-7,10H2,1-5H3/t12-,14+,15-,18-/m0/s1. The van der Waals surface area contributed by atoms with Crippen LogP contribution in [0.5, 0.6) is 11.8 Å². The summed E-state index contributed by atoms with van der Waals surface area (Å²) in [4.78, 5) is 16.6. The number of nitrogens with zero attached hydrogens (tertiary/aromatic N) is 7. The fraction of sp³-hybridized carbons (Fsp3) is 0.545. The Morgan fingerprint density at radius 3 is 2.30 bits per heavy atom. The van der Waals surface area contributed by atoms with Crippen LogP contribution in [0, 0.1) is 0 Å². The van der Waals surface area contributed by atoms with Crippen molar-refractivity contribution in [2.75, 3.05) is 27.9 Å². The monoisotopic (exact) mass is 553 g/mol. The zero-order valence-corrected chi connectivity index (χ0v) is 22.6. The fourth-order valence-corrected chi connectivity index (χ4v) is 5.58. The molecule has 0 aromatic carbocycles. The van der Waals surface area contributed by atoms with E-state index in [9.17, 15) is 8.42 Å². The van der Waals surface area contributed by atoms with Gasteiger partial charge in [0.15, 0.2) is 27.2 Å². The van der Waals surface area contributed by atoms with Crippen LogP contribution in [0.1, 0.15) is 49.8 Å². The summed E-state index contributed by atoms with van der Waals surface area (Å²) in [5.74, 6) is 0.638. The third kappa shape index (κ3) is 5.51. The lowest BCUT2D eigenvalue weighted by Gasteiger charge is -2.22. The van der Waals surface area contributed by atoms with Crippen molar-refractivity contribution >= 4 is 21.4 Å². The summed E-state index contributed by atoms with van der Waals surface area (Å²) in [7, 11) is 0.408. The topological polar surface area (TPSA) is 153 Å². The van der Waals surface area contributed by atoms with Crippen molar-refractivity contribution in [3.05, 3.63) is 41.2 Å². The Balaban J connectivity index is 1.76. The summed E-state index contributed by atoms with van der Waals surface area (Å²) < 4.78 is 51.0. The molecule has 1 saturated carbocycles. The summed E-state index contributed by atoms with van der Waals surface area (Å²) in [6, 6.07) is 0. The van der Waals surface area contributed by atoms with Gasteiger partial charge in [0.1, 0.15) is 24.0 Å². The van der Waals surface area contributed by atoms with Crippen LogP contribution in [0.25, 0.3) is 5.69 Å². The van der Waals surface area contributed by atoms with Crippen molar-refractivity contribution in [2.45, 2.75) is 49.4 Å². The Bertz CT molecular complexity index is 1320. The summed E-state index contributed by atoms with van der Waals surface area (Å²) in [5, 5.41) is 7.90. The van der Waals surface area contributed by atoms with Crippen LogP contribution in [0.15, 0.2) is 18.7 Å². The molecule has 4 rings (SSSR count). The van der Waals surface area contributed by atoms with Crippen molar-refractivity contribution in [2.24, 2.45) is 0 Å². The van der Waals surface area contributed by atoms with E-state index in [1.165, 1.54) is 47.0 Å². The van der Waals surface area contributed by atoms with Gasteiger partial charge in [-0.3, -0.25) is 4.57 Å². The maximum Gasteiger partial charge on any atom is 0.245 e. The van der Waals surface area contributed by atoms with Crippen LogP contribution in [-0.4, -0.2) is 82.4 Å². The minimum absolute atomic E-state index is 0.0575. The van der Waals surface area contributed by atoms with Gasteiger partial charge in [-0.25, -0.2) is 18.4 Å². The Morgan fingerprint density at radius 1 is 1.08 bits per heavy atom. The summed E-state index contributed by atoms with van der Waals surface area (Å²) in [6.45, 7) is 3.98. The van der Waals surface area contributed by atoms with E-state index in [2.05, 4.69) is 30.1 Å². The summed E-state index contributed by atoms with van der Waals surface area (Å²) >= 11 is 5.88. The highest BCUT2D eigenvalue weighted by atomic mass is 35.5. The molecule has 0 unspecified atom stereocenters. The molecular formula is C22H28ClN7O6S. The van der Waals surface area contributed by atoms with Gasteiger partial charge in [0.25, 0.3) is 0 Å². The van der Waals surface area contributed by atoms with Crippen molar-refractivity contribution < 1.29 is 27.4 Å². The number of rotatable bonds is 12. The molecule has 1 aliphatic carbocycles. The molecular weight excluding hydrogens is 526 g/mol. The first kappa shape index (κ1) is 27.1. The number of sulfone groups is 1. The first-order chi connectivity index (χ1) is 17.7. The maximum atomic E-state index is 13.6. The highest BCUT2D eigenvalue weighted by Gasteiger charge is 2.45. The Hall–Kier alpha value is -2.94. The molecule has 13 nitrogen and oxygen atoms in total. The molecule has 3 aromatic heterocycles. The van der Waals surface area contributed by atoms with Gasteiger partial charge in [-0.05, 0) is 20.3 Å². The molecule has 37 heavy (non-hydrogen) atoms. The molecule has 0 saturated heterocycles. The molecule has 3 heterocycles. The second-order valence-electron chi connectivity index (χ2n) is 8.31. The zero-order valence-electron chi connectivity index (χ0n) is 21.0. The van der Waals surface area contributed by atoms with Gasteiger partial charge < -0.3 is 18.9 Å². The second kappa shape index (κ2) is 11.2. The van der Waals surface area contributed by atoms with Crippen molar-refractivity contribution in [3.8, 4) is 17.4 Å². The highest BCUT2D eigenvalue weighted by Crippen LogP contribution is 2.45. The average molecular weight is 554 g/mol. The molecule has 0 aliphatic heterocycles. The van der Waals surface area contributed by atoms with Gasteiger partial charge in [-0.2, -0.15) is 9.97 Å². The van der Waals surface area contributed by atoms with E-state index in [1.54, 1.807) is 4.57 Å². The largest absolute Gasteiger partial charge is 0.479 e. The predicted molar refractivity (Wildman–Crippen MR) is 132 cm³/mol. The molecule has 3 aromatic rings. The fourth-order valence-electron chi connectivity index (χ4n) is 4.06. The van der Waals surface area contributed by atoms with Crippen molar-refractivity contribution in [1.82, 2.24) is 34.7 Å². The third-order valence-corrected chi connectivity index (χ3v) is 8.27. The number of aromatic nitrogens is 7. The van der Waals surface area contributed by atoms with Gasteiger partial charge in [0.05, 0.1) is 30.6 Å².